The molecule has 32 heavy (non-hydrogen) atoms. The van der Waals surface area contributed by atoms with E-state index in [0.717, 1.165) is 63.7 Å². The number of nitrogens with one attached hydrogen (secondary N) is 1. The van der Waals surface area contributed by atoms with Crippen molar-refractivity contribution in [2.45, 2.75) is 70.1 Å². The minimum atomic E-state index is -4.61. The van der Waals surface area contributed by atoms with Gasteiger partial charge in [0.25, 0.3) is 0 Å². The standard InChI is InChI=1S/C22H32F3N3O3S/c1-3-32(30,31)26-18-15-17(22(23,24)25)11-10-16(18)14-21(29)27(2)19-8-4-5-9-20(19)28-12-6-7-13-28/h10-11,15,19-20,26H,3-9,12-14H2,1-2H3/t19-,20-/m1/s1. The lowest BCUT2D eigenvalue weighted by Crippen LogP contribution is -2.53. The van der Waals surface area contributed by atoms with Crippen LogP contribution in [0.3, 0.4) is 0 Å². The summed E-state index contributed by atoms with van der Waals surface area (Å²) in [6.07, 6.45) is 1.63. The summed E-state index contributed by atoms with van der Waals surface area (Å²) in [6.45, 7) is 3.46. The Labute approximate surface area is 188 Å². The number of amides is 1. The molecule has 2 atom stereocenters. The van der Waals surface area contributed by atoms with Crippen LogP contribution in [-0.4, -0.2) is 62.1 Å². The Morgan fingerprint density at radius 3 is 2.44 bits per heavy atom. The Bertz CT molecular complexity index is 915. The van der Waals surface area contributed by atoms with E-state index in [1.807, 2.05) is 0 Å². The zero-order valence-electron chi connectivity index (χ0n) is 18.6. The number of halogens is 3. The van der Waals surface area contributed by atoms with Gasteiger partial charge in [0, 0.05) is 19.1 Å². The molecule has 2 aliphatic rings. The molecule has 0 radical (unpaired) electrons. The molecule has 1 amide bonds. The number of alkyl halides is 3. The highest BCUT2D eigenvalue weighted by atomic mass is 32.2. The van der Waals surface area contributed by atoms with Crippen LogP contribution in [0.25, 0.3) is 0 Å². The van der Waals surface area contributed by atoms with E-state index in [1.165, 1.54) is 13.0 Å². The number of carbonyl (C=O) groups excluding carboxylic acids is 1. The van der Waals surface area contributed by atoms with Gasteiger partial charge in [-0.2, -0.15) is 13.2 Å². The van der Waals surface area contributed by atoms with E-state index in [0.29, 0.717) is 6.04 Å². The molecule has 0 bridgehead atoms. The molecular formula is C22H32F3N3O3S. The van der Waals surface area contributed by atoms with E-state index >= 15 is 0 Å². The largest absolute Gasteiger partial charge is 0.416 e. The van der Waals surface area contributed by atoms with Gasteiger partial charge in [-0.05, 0) is 63.4 Å². The second-order valence-corrected chi connectivity index (χ2v) is 10.7. The minimum Gasteiger partial charge on any atom is -0.341 e. The van der Waals surface area contributed by atoms with Crippen LogP contribution >= 0.6 is 0 Å². The van der Waals surface area contributed by atoms with Gasteiger partial charge in [-0.25, -0.2) is 8.42 Å². The highest BCUT2D eigenvalue weighted by molar-refractivity contribution is 7.92. The van der Waals surface area contributed by atoms with Crippen LogP contribution in [0.15, 0.2) is 18.2 Å². The average molecular weight is 476 g/mol. The predicted octanol–water partition coefficient (Wildman–Crippen LogP) is 3.87. The summed E-state index contributed by atoms with van der Waals surface area (Å²) in [6, 6.07) is 3.20. The first-order chi connectivity index (χ1) is 15.0. The third kappa shape index (κ3) is 5.95. The fraction of sp³-hybridized carbons (Fsp3) is 0.682. The molecule has 1 aromatic rings. The van der Waals surface area contributed by atoms with Gasteiger partial charge >= 0.3 is 6.18 Å². The van der Waals surface area contributed by atoms with E-state index < -0.39 is 21.8 Å². The van der Waals surface area contributed by atoms with Gasteiger partial charge in [0.15, 0.2) is 0 Å². The van der Waals surface area contributed by atoms with Gasteiger partial charge in [-0.1, -0.05) is 18.9 Å². The molecule has 2 fully saturated rings. The number of likely N-dealkylation sites (tertiary alicyclic amines) is 1. The molecule has 3 rings (SSSR count). The molecule has 6 nitrogen and oxygen atoms in total. The van der Waals surface area contributed by atoms with Gasteiger partial charge in [-0.15, -0.1) is 0 Å². The summed E-state index contributed by atoms with van der Waals surface area (Å²) in [5, 5.41) is 0. The number of likely N-dealkylation sites (N-methyl/N-ethyl adjacent to an activating group) is 1. The number of anilines is 1. The summed E-state index contributed by atoms with van der Waals surface area (Å²) in [7, 11) is -2.05. The van der Waals surface area contributed by atoms with Crippen LogP contribution in [0, 0.1) is 0 Å². The summed E-state index contributed by atoms with van der Waals surface area (Å²) in [5.41, 5.74) is -0.916. The first-order valence-electron chi connectivity index (χ1n) is 11.2. The summed E-state index contributed by atoms with van der Waals surface area (Å²) >= 11 is 0. The van der Waals surface area contributed by atoms with Gasteiger partial charge in [0.2, 0.25) is 15.9 Å². The molecule has 1 saturated heterocycles. The third-order valence-electron chi connectivity index (χ3n) is 6.62. The van der Waals surface area contributed by atoms with E-state index in [1.54, 1.807) is 11.9 Å². The molecule has 0 unspecified atom stereocenters. The molecule has 1 heterocycles. The number of rotatable bonds is 7. The van der Waals surface area contributed by atoms with Crippen LogP contribution in [0.5, 0.6) is 0 Å². The first-order valence-corrected chi connectivity index (χ1v) is 12.9. The second kappa shape index (κ2) is 9.99. The molecule has 1 aromatic carbocycles. The van der Waals surface area contributed by atoms with Crippen LogP contribution in [-0.2, 0) is 27.4 Å². The molecule has 1 aliphatic heterocycles. The Balaban J connectivity index is 1.82. The van der Waals surface area contributed by atoms with Gasteiger partial charge in [0.1, 0.15) is 0 Å². The topological polar surface area (TPSA) is 69.7 Å². The van der Waals surface area contributed by atoms with Crippen molar-refractivity contribution in [3.8, 4) is 0 Å². The lowest BCUT2D eigenvalue weighted by molar-refractivity contribution is -0.137. The number of sulfonamides is 1. The molecular weight excluding hydrogens is 443 g/mol. The molecule has 1 aliphatic carbocycles. The van der Waals surface area contributed by atoms with Crippen LogP contribution in [0.4, 0.5) is 18.9 Å². The van der Waals surface area contributed by atoms with Crippen molar-refractivity contribution < 1.29 is 26.4 Å². The number of nitrogens with zero attached hydrogens (tertiary/aromatic N) is 2. The highest BCUT2D eigenvalue weighted by Gasteiger charge is 2.36. The summed E-state index contributed by atoms with van der Waals surface area (Å²) < 4.78 is 65.9. The monoisotopic (exact) mass is 475 g/mol. The van der Waals surface area contributed by atoms with Crippen molar-refractivity contribution in [2.75, 3.05) is 30.6 Å². The van der Waals surface area contributed by atoms with Crippen molar-refractivity contribution in [3.05, 3.63) is 29.3 Å². The average Bonchev–Trinajstić information content (AvgIpc) is 3.28. The fourth-order valence-electron chi connectivity index (χ4n) is 4.76. The van der Waals surface area contributed by atoms with E-state index in [-0.39, 0.29) is 35.4 Å². The SMILES string of the molecule is CCS(=O)(=O)Nc1cc(C(F)(F)F)ccc1CC(=O)N(C)[C@@H]1CCCC[C@H]1N1CCCC1. The number of benzene rings is 1. The third-order valence-corrected chi connectivity index (χ3v) is 7.91. The van der Waals surface area contributed by atoms with E-state index in [9.17, 15) is 26.4 Å². The highest BCUT2D eigenvalue weighted by Crippen LogP contribution is 2.34. The van der Waals surface area contributed by atoms with Crippen LogP contribution in [0.1, 0.15) is 56.6 Å². The van der Waals surface area contributed by atoms with Gasteiger partial charge < -0.3 is 4.90 Å². The molecule has 180 valence electrons. The lowest BCUT2D eigenvalue weighted by atomic mass is 9.88. The van der Waals surface area contributed by atoms with E-state index in [4.69, 9.17) is 0 Å². The number of hydrogen-bond acceptors (Lipinski definition) is 4. The Morgan fingerprint density at radius 1 is 1.16 bits per heavy atom. The van der Waals surface area contributed by atoms with E-state index in [2.05, 4.69) is 9.62 Å². The van der Waals surface area contributed by atoms with Gasteiger partial charge in [0.05, 0.1) is 23.4 Å². The summed E-state index contributed by atoms with van der Waals surface area (Å²) in [4.78, 5) is 17.3. The molecule has 1 saturated carbocycles. The Morgan fingerprint density at radius 2 is 1.81 bits per heavy atom. The van der Waals surface area contributed by atoms with Crippen LogP contribution < -0.4 is 4.72 Å². The Kier molecular flexibility index (Phi) is 7.75. The maximum Gasteiger partial charge on any atom is 0.416 e. The smallest absolute Gasteiger partial charge is 0.341 e. The molecule has 10 heteroatoms. The van der Waals surface area contributed by atoms with Crippen molar-refractivity contribution in [1.29, 1.82) is 0 Å². The predicted molar refractivity (Wildman–Crippen MR) is 118 cm³/mol. The zero-order valence-corrected chi connectivity index (χ0v) is 19.4. The maximum atomic E-state index is 13.2. The Hall–Kier alpha value is -1.81. The molecule has 0 aromatic heterocycles. The van der Waals surface area contributed by atoms with Gasteiger partial charge in [-0.3, -0.25) is 14.4 Å². The van der Waals surface area contributed by atoms with Crippen molar-refractivity contribution >= 4 is 21.6 Å². The maximum absolute atomic E-state index is 13.2. The van der Waals surface area contributed by atoms with Crippen molar-refractivity contribution in [3.63, 3.8) is 0 Å². The van der Waals surface area contributed by atoms with Crippen molar-refractivity contribution in [1.82, 2.24) is 9.80 Å². The summed E-state index contributed by atoms with van der Waals surface area (Å²) in [5.74, 6) is -0.506. The van der Waals surface area contributed by atoms with Crippen LogP contribution in [0.2, 0.25) is 0 Å². The normalized spacial score (nSPS) is 22.7. The minimum absolute atomic E-state index is 0.0552. The lowest BCUT2D eigenvalue weighted by Gasteiger charge is -2.42. The second-order valence-electron chi connectivity index (χ2n) is 8.72. The quantitative estimate of drug-likeness (QED) is 0.650. The molecule has 1 N–H and O–H groups in total. The fourth-order valence-corrected chi connectivity index (χ4v) is 5.43. The first kappa shape index (κ1) is 24.8. The van der Waals surface area contributed by atoms with Crippen molar-refractivity contribution in [2.24, 2.45) is 0 Å². The zero-order chi connectivity index (χ0) is 23.5. The number of carbonyl (C=O) groups is 1. The molecule has 0 spiro atoms. The number of hydrogen-bond donors (Lipinski definition) is 1.